The number of methoxy groups -OCH3 is 1. The fourth-order valence-corrected chi connectivity index (χ4v) is 4.69. The zero-order valence-corrected chi connectivity index (χ0v) is 17.0. The van der Waals surface area contributed by atoms with Gasteiger partial charge in [-0.2, -0.15) is 0 Å². The number of carbonyl (C=O) groups is 2. The highest BCUT2D eigenvalue weighted by molar-refractivity contribution is 5.91. The maximum Gasteiger partial charge on any atom is 0.328 e. The third-order valence-electron chi connectivity index (χ3n) is 6.21. The van der Waals surface area contributed by atoms with E-state index in [4.69, 9.17) is 4.74 Å². The average Bonchev–Trinajstić information content (AvgIpc) is 2.91. The lowest BCUT2D eigenvalue weighted by atomic mass is 9.94. The Balaban J connectivity index is 1.69. The molecule has 29 heavy (non-hydrogen) atoms. The summed E-state index contributed by atoms with van der Waals surface area (Å²) in [5, 5.41) is 9.55. The summed E-state index contributed by atoms with van der Waals surface area (Å²) in [7, 11) is 1.35. The van der Waals surface area contributed by atoms with Crippen molar-refractivity contribution in [1.82, 2.24) is 9.80 Å². The Bertz CT molecular complexity index is 938. The van der Waals surface area contributed by atoms with Crippen LogP contribution in [0.1, 0.15) is 30.5 Å². The maximum atomic E-state index is 13.5. The second kappa shape index (κ2) is 7.19. The van der Waals surface area contributed by atoms with Gasteiger partial charge in [-0.05, 0) is 49.1 Å². The monoisotopic (exact) mass is 394 g/mol. The van der Waals surface area contributed by atoms with Crippen LogP contribution in [0.5, 0.6) is 5.75 Å². The molecule has 0 aromatic heterocycles. The van der Waals surface area contributed by atoms with Crippen LogP contribution in [-0.4, -0.2) is 51.6 Å². The molecule has 2 aliphatic rings. The number of carbonyl (C=O) groups excluding carboxylic acids is 2. The van der Waals surface area contributed by atoms with Gasteiger partial charge in [0.05, 0.1) is 18.8 Å². The summed E-state index contributed by atoms with van der Waals surface area (Å²) in [4.78, 5) is 30.1. The Morgan fingerprint density at radius 2 is 1.83 bits per heavy atom. The molecule has 2 atom stereocenters. The molecule has 2 aliphatic heterocycles. The van der Waals surface area contributed by atoms with Crippen molar-refractivity contribution in [2.24, 2.45) is 0 Å². The van der Waals surface area contributed by atoms with E-state index in [0.717, 1.165) is 5.56 Å². The second-order valence-electron chi connectivity index (χ2n) is 8.23. The average molecular weight is 394 g/mol. The zero-order chi connectivity index (χ0) is 20.8. The maximum absolute atomic E-state index is 13.5. The van der Waals surface area contributed by atoms with E-state index in [-0.39, 0.29) is 17.7 Å². The first kappa shape index (κ1) is 19.5. The molecular weight excluding hydrogens is 368 g/mol. The minimum absolute atomic E-state index is 0.0429. The Labute approximate surface area is 170 Å². The minimum atomic E-state index is -0.735. The number of amides is 1. The van der Waals surface area contributed by atoms with Crippen LogP contribution in [0.3, 0.4) is 0 Å². The fourth-order valence-electron chi connectivity index (χ4n) is 4.69. The van der Waals surface area contributed by atoms with Gasteiger partial charge in [0.25, 0.3) is 0 Å². The van der Waals surface area contributed by atoms with Gasteiger partial charge in [0.1, 0.15) is 11.8 Å². The molecule has 4 rings (SSSR count). The number of nitrogens with zero attached hydrogens (tertiary/aromatic N) is 2. The molecule has 0 spiro atoms. The molecular formula is C23H26N2O4. The first-order chi connectivity index (χ1) is 13.8. The summed E-state index contributed by atoms with van der Waals surface area (Å²) in [6.07, 6.45) is 0.970. The van der Waals surface area contributed by atoms with E-state index in [1.807, 2.05) is 26.0 Å². The zero-order valence-electron chi connectivity index (χ0n) is 17.0. The SMILES string of the molecule is COC(=O)[C@H](Cc1ccc(O)cc1)N1C(=O)[C@@H]2Cc3ccccc3CN2C1(C)C. The Kier molecular flexibility index (Phi) is 4.82. The highest BCUT2D eigenvalue weighted by atomic mass is 16.5. The number of fused-ring (bicyclic) bond motifs is 2. The van der Waals surface area contributed by atoms with Gasteiger partial charge in [-0.3, -0.25) is 9.69 Å². The van der Waals surface area contributed by atoms with Gasteiger partial charge < -0.3 is 14.7 Å². The standard InChI is InChI=1S/C23H26N2O4/c1-23(2)24-14-17-7-5-4-6-16(17)13-19(24)21(27)25(23)20(22(28)29-3)12-15-8-10-18(26)11-9-15/h4-11,19-20,26H,12-14H2,1-3H3/t19-,20-/m0/s1. The predicted octanol–water partition coefficient (Wildman–Crippen LogP) is 2.48. The van der Waals surface area contributed by atoms with Gasteiger partial charge in [0.2, 0.25) is 5.91 Å². The van der Waals surface area contributed by atoms with E-state index in [0.29, 0.717) is 19.4 Å². The number of phenols is 1. The molecule has 0 aliphatic carbocycles. The number of phenolic OH excluding ortho intramolecular Hbond substituents is 1. The number of aromatic hydroxyl groups is 1. The third kappa shape index (κ3) is 3.27. The predicted molar refractivity (Wildman–Crippen MR) is 108 cm³/mol. The fraction of sp³-hybridized carbons (Fsp3) is 0.391. The Morgan fingerprint density at radius 1 is 1.17 bits per heavy atom. The number of hydrogen-bond acceptors (Lipinski definition) is 5. The van der Waals surface area contributed by atoms with Gasteiger partial charge in [0.15, 0.2) is 0 Å². The largest absolute Gasteiger partial charge is 0.508 e. The van der Waals surface area contributed by atoms with Crippen LogP contribution < -0.4 is 0 Å². The molecule has 1 saturated heterocycles. The van der Waals surface area contributed by atoms with Crippen molar-refractivity contribution in [3.05, 3.63) is 65.2 Å². The van der Waals surface area contributed by atoms with Gasteiger partial charge >= 0.3 is 5.97 Å². The quantitative estimate of drug-likeness (QED) is 0.807. The normalized spacial score (nSPS) is 21.4. The summed E-state index contributed by atoms with van der Waals surface area (Å²) >= 11 is 0. The van der Waals surface area contributed by atoms with Gasteiger partial charge in [0, 0.05) is 13.0 Å². The molecule has 0 radical (unpaired) electrons. The van der Waals surface area contributed by atoms with Crippen molar-refractivity contribution in [3.8, 4) is 5.75 Å². The number of hydrogen-bond donors (Lipinski definition) is 1. The molecule has 1 fully saturated rings. The van der Waals surface area contributed by atoms with Crippen LogP contribution in [0.15, 0.2) is 48.5 Å². The summed E-state index contributed by atoms with van der Waals surface area (Å²) in [5.74, 6) is -0.314. The first-order valence-corrected chi connectivity index (χ1v) is 9.85. The van der Waals surface area contributed by atoms with E-state index < -0.39 is 17.7 Å². The van der Waals surface area contributed by atoms with Crippen LogP contribution in [0.2, 0.25) is 0 Å². The molecule has 2 heterocycles. The van der Waals surface area contributed by atoms with Gasteiger partial charge in [-0.1, -0.05) is 36.4 Å². The molecule has 1 amide bonds. The number of rotatable bonds is 4. The molecule has 1 N–H and O–H groups in total. The van der Waals surface area contributed by atoms with E-state index in [9.17, 15) is 14.7 Å². The molecule has 0 unspecified atom stereocenters. The summed E-state index contributed by atoms with van der Waals surface area (Å²) in [5.41, 5.74) is 2.63. The minimum Gasteiger partial charge on any atom is -0.508 e. The lowest BCUT2D eigenvalue weighted by molar-refractivity contribution is -0.155. The number of esters is 1. The lowest BCUT2D eigenvalue weighted by Gasteiger charge is -2.42. The first-order valence-electron chi connectivity index (χ1n) is 9.85. The van der Waals surface area contributed by atoms with Crippen molar-refractivity contribution in [2.75, 3.05) is 7.11 Å². The Hall–Kier alpha value is -2.86. The topological polar surface area (TPSA) is 70.1 Å². The van der Waals surface area contributed by atoms with Crippen LogP contribution in [0.4, 0.5) is 0 Å². The summed E-state index contributed by atoms with van der Waals surface area (Å²) < 4.78 is 5.08. The van der Waals surface area contributed by atoms with Crippen LogP contribution in [0.25, 0.3) is 0 Å². The van der Waals surface area contributed by atoms with E-state index in [1.54, 1.807) is 29.2 Å². The molecule has 0 bridgehead atoms. The van der Waals surface area contributed by atoms with Crippen molar-refractivity contribution < 1.29 is 19.4 Å². The van der Waals surface area contributed by atoms with E-state index in [1.165, 1.54) is 18.2 Å². The Morgan fingerprint density at radius 3 is 2.48 bits per heavy atom. The van der Waals surface area contributed by atoms with Crippen molar-refractivity contribution in [1.29, 1.82) is 0 Å². The molecule has 0 saturated carbocycles. The van der Waals surface area contributed by atoms with E-state index in [2.05, 4.69) is 17.0 Å². The molecule has 152 valence electrons. The van der Waals surface area contributed by atoms with E-state index >= 15 is 0 Å². The van der Waals surface area contributed by atoms with Crippen molar-refractivity contribution in [2.45, 2.75) is 51.0 Å². The molecule has 6 heteroatoms. The molecule has 6 nitrogen and oxygen atoms in total. The number of ether oxygens (including phenoxy) is 1. The van der Waals surface area contributed by atoms with Crippen LogP contribution in [0, 0.1) is 0 Å². The smallest absolute Gasteiger partial charge is 0.328 e. The van der Waals surface area contributed by atoms with Gasteiger partial charge in [-0.25, -0.2) is 4.79 Å². The van der Waals surface area contributed by atoms with Crippen molar-refractivity contribution >= 4 is 11.9 Å². The van der Waals surface area contributed by atoms with Crippen molar-refractivity contribution in [3.63, 3.8) is 0 Å². The second-order valence-corrected chi connectivity index (χ2v) is 8.23. The molecule has 2 aromatic rings. The highest BCUT2D eigenvalue weighted by Crippen LogP contribution is 2.40. The third-order valence-corrected chi connectivity index (χ3v) is 6.21. The lowest BCUT2D eigenvalue weighted by Crippen LogP contribution is -2.56. The highest BCUT2D eigenvalue weighted by Gasteiger charge is 2.56. The summed E-state index contributed by atoms with van der Waals surface area (Å²) in [6.45, 7) is 4.65. The van der Waals surface area contributed by atoms with Crippen LogP contribution in [-0.2, 0) is 33.7 Å². The van der Waals surface area contributed by atoms with Gasteiger partial charge in [-0.15, -0.1) is 0 Å². The number of benzene rings is 2. The van der Waals surface area contributed by atoms with Crippen LogP contribution >= 0.6 is 0 Å². The molecule has 2 aromatic carbocycles. The summed E-state index contributed by atoms with van der Waals surface area (Å²) in [6, 6.07) is 13.9.